The quantitative estimate of drug-likeness (QED) is 0.860. The van der Waals surface area contributed by atoms with Gasteiger partial charge >= 0.3 is 0 Å². The molecule has 0 spiro atoms. The molecule has 1 N–H and O–H groups in total. The van der Waals surface area contributed by atoms with Crippen LogP contribution in [-0.2, 0) is 4.79 Å². The van der Waals surface area contributed by atoms with Crippen molar-refractivity contribution in [1.29, 1.82) is 0 Å². The Morgan fingerprint density at radius 1 is 1.09 bits per heavy atom. The Kier molecular flexibility index (Phi) is 5.80. The van der Waals surface area contributed by atoms with Crippen LogP contribution in [-0.4, -0.2) is 12.5 Å². The van der Waals surface area contributed by atoms with E-state index in [0.29, 0.717) is 5.92 Å². The van der Waals surface area contributed by atoms with E-state index in [9.17, 15) is 4.79 Å². The first-order valence-corrected chi connectivity index (χ1v) is 8.05. The molecule has 0 aliphatic heterocycles. The summed E-state index contributed by atoms with van der Waals surface area (Å²) < 4.78 is 5.77. The summed E-state index contributed by atoms with van der Waals surface area (Å²) in [4.78, 5) is 12.1. The number of nitrogens with one attached hydrogen (secondary N) is 1. The van der Waals surface area contributed by atoms with E-state index in [4.69, 9.17) is 4.74 Å². The number of ether oxygens (including phenoxy) is 1. The van der Waals surface area contributed by atoms with Crippen LogP contribution in [0.5, 0.6) is 5.75 Å². The normalized spacial score (nSPS) is 12.0. The number of hydrogen-bond donors (Lipinski definition) is 1. The van der Waals surface area contributed by atoms with Gasteiger partial charge in [0.15, 0.2) is 6.61 Å². The molecule has 0 aliphatic rings. The molecule has 0 radical (unpaired) electrons. The molecule has 23 heavy (non-hydrogen) atoms. The van der Waals surface area contributed by atoms with Crippen LogP contribution in [0.1, 0.15) is 49.4 Å². The van der Waals surface area contributed by atoms with Gasteiger partial charge in [-0.3, -0.25) is 4.79 Å². The molecule has 0 saturated heterocycles. The van der Waals surface area contributed by atoms with Crippen molar-refractivity contribution in [3.8, 4) is 5.75 Å². The topological polar surface area (TPSA) is 38.3 Å². The zero-order chi connectivity index (χ0) is 16.8. The molecule has 1 atom stereocenters. The number of carbonyl (C=O) groups excluding carboxylic acids is 1. The van der Waals surface area contributed by atoms with E-state index < -0.39 is 0 Å². The molecule has 2 rings (SSSR count). The Morgan fingerprint density at radius 3 is 2.43 bits per heavy atom. The van der Waals surface area contributed by atoms with Crippen LogP contribution in [0.25, 0.3) is 0 Å². The summed E-state index contributed by atoms with van der Waals surface area (Å²) in [5.74, 6) is 1.04. The van der Waals surface area contributed by atoms with Crippen LogP contribution in [0.4, 0.5) is 0 Å². The highest BCUT2D eigenvalue weighted by Crippen LogP contribution is 2.27. The van der Waals surface area contributed by atoms with E-state index in [1.807, 2.05) is 50.2 Å². The molecule has 0 fully saturated rings. The Labute approximate surface area is 138 Å². The first-order valence-electron chi connectivity index (χ1n) is 8.05. The number of rotatable bonds is 6. The summed E-state index contributed by atoms with van der Waals surface area (Å²) in [7, 11) is 0. The van der Waals surface area contributed by atoms with Crippen molar-refractivity contribution in [2.45, 2.75) is 39.7 Å². The molecule has 3 heteroatoms. The van der Waals surface area contributed by atoms with Gasteiger partial charge in [0.25, 0.3) is 5.91 Å². The highest BCUT2D eigenvalue weighted by molar-refractivity contribution is 5.78. The van der Waals surface area contributed by atoms with Crippen LogP contribution in [0.2, 0.25) is 0 Å². The second-order valence-corrected chi connectivity index (χ2v) is 6.18. The summed E-state index contributed by atoms with van der Waals surface area (Å²) in [6, 6.07) is 16.0. The van der Waals surface area contributed by atoms with E-state index in [1.165, 1.54) is 0 Å². The third-order valence-corrected chi connectivity index (χ3v) is 3.83. The first-order chi connectivity index (χ1) is 11.0. The fourth-order valence-electron chi connectivity index (χ4n) is 2.50. The van der Waals surface area contributed by atoms with Crippen LogP contribution in [0, 0.1) is 6.92 Å². The number of aryl methyl sites for hydroxylation is 1. The minimum atomic E-state index is -0.113. The van der Waals surface area contributed by atoms with Crippen molar-refractivity contribution in [2.75, 3.05) is 6.61 Å². The van der Waals surface area contributed by atoms with Gasteiger partial charge in [-0.05, 0) is 42.5 Å². The number of hydrogen-bond acceptors (Lipinski definition) is 2. The van der Waals surface area contributed by atoms with Crippen molar-refractivity contribution in [3.05, 3.63) is 65.2 Å². The van der Waals surface area contributed by atoms with Gasteiger partial charge in [0.1, 0.15) is 5.75 Å². The molecule has 0 saturated carbocycles. The Balaban J connectivity index is 1.96. The lowest BCUT2D eigenvalue weighted by Crippen LogP contribution is -2.31. The van der Waals surface area contributed by atoms with E-state index >= 15 is 0 Å². The molecule has 122 valence electrons. The number of amides is 1. The smallest absolute Gasteiger partial charge is 0.258 e. The van der Waals surface area contributed by atoms with Gasteiger partial charge in [0, 0.05) is 0 Å². The Morgan fingerprint density at radius 2 is 1.78 bits per heavy atom. The highest BCUT2D eigenvalue weighted by atomic mass is 16.5. The summed E-state index contributed by atoms with van der Waals surface area (Å²) >= 11 is 0. The summed E-state index contributed by atoms with van der Waals surface area (Å²) in [5, 5.41) is 2.97. The highest BCUT2D eigenvalue weighted by Gasteiger charge is 2.12. The molecule has 2 aromatic carbocycles. The van der Waals surface area contributed by atoms with Gasteiger partial charge in [0.2, 0.25) is 0 Å². The van der Waals surface area contributed by atoms with Gasteiger partial charge in [-0.25, -0.2) is 0 Å². The number of carbonyl (C=O) groups is 1. The molecular weight excluding hydrogens is 286 g/mol. The molecule has 0 heterocycles. The van der Waals surface area contributed by atoms with Crippen LogP contribution < -0.4 is 10.1 Å². The predicted molar refractivity (Wildman–Crippen MR) is 93.8 cm³/mol. The van der Waals surface area contributed by atoms with Crippen molar-refractivity contribution in [1.82, 2.24) is 5.32 Å². The summed E-state index contributed by atoms with van der Waals surface area (Å²) in [5.41, 5.74) is 3.33. The largest absolute Gasteiger partial charge is 0.483 e. The lowest BCUT2D eigenvalue weighted by Gasteiger charge is -2.17. The molecule has 3 nitrogen and oxygen atoms in total. The van der Waals surface area contributed by atoms with Crippen molar-refractivity contribution in [3.63, 3.8) is 0 Å². The molecule has 1 unspecified atom stereocenters. The summed E-state index contributed by atoms with van der Waals surface area (Å²) in [6.45, 7) is 8.26. The SMILES string of the molecule is Cc1ccc(C(C)C)c(OCC(=O)NC(C)c2ccccc2)c1. The van der Waals surface area contributed by atoms with Gasteiger partial charge in [0.05, 0.1) is 6.04 Å². The zero-order valence-corrected chi connectivity index (χ0v) is 14.3. The van der Waals surface area contributed by atoms with E-state index in [-0.39, 0.29) is 18.6 Å². The standard InChI is InChI=1S/C20H25NO2/c1-14(2)18-11-10-15(3)12-19(18)23-13-20(22)21-16(4)17-8-6-5-7-9-17/h5-12,14,16H,13H2,1-4H3,(H,21,22). The Bertz CT molecular complexity index is 650. The average molecular weight is 311 g/mol. The maximum absolute atomic E-state index is 12.1. The fraction of sp³-hybridized carbons (Fsp3) is 0.350. The zero-order valence-electron chi connectivity index (χ0n) is 14.3. The van der Waals surface area contributed by atoms with Crippen LogP contribution in [0.15, 0.2) is 48.5 Å². The molecule has 0 aromatic heterocycles. The van der Waals surface area contributed by atoms with Crippen molar-refractivity contribution >= 4 is 5.91 Å². The van der Waals surface area contributed by atoms with Crippen LogP contribution >= 0.6 is 0 Å². The lowest BCUT2D eigenvalue weighted by atomic mass is 10.0. The predicted octanol–water partition coefficient (Wildman–Crippen LogP) is 4.37. The van der Waals surface area contributed by atoms with E-state index in [1.54, 1.807) is 0 Å². The summed E-state index contributed by atoms with van der Waals surface area (Å²) in [6.07, 6.45) is 0. The minimum absolute atomic E-state index is 0.0281. The van der Waals surface area contributed by atoms with Gasteiger partial charge in [-0.2, -0.15) is 0 Å². The van der Waals surface area contributed by atoms with Crippen molar-refractivity contribution < 1.29 is 9.53 Å². The lowest BCUT2D eigenvalue weighted by molar-refractivity contribution is -0.123. The van der Waals surface area contributed by atoms with Gasteiger partial charge in [-0.15, -0.1) is 0 Å². The fourth-order valence-corrected chi connectivity index (χ4v) is 2.50. The molecule has 0 aliphatic carbocycles. The maximum atomic E-state index is 12.1. The first kappa shape index (κ1) is 17.1. The second kappa shape index (κ2) is 7.82. The third kappa shape index (κ3) is 4.85. The van der Waals surface area contributed by atoms with Crippen molar-refractivity contribution in [2.24, 2.45) is 0 Å². The molecule has 0 bridgehead atoms. The molecular formula is C20H25NO2. The maximum Gasteiger partial charge on any atom is 0.258 e. The Hall–Kier alpha value is -2.29. The second-order valence-electron chi connectivity index (χ2n) is 6.18. The van der Waals surface area contributed by atoms with Gasteiger partial charge in [-0.1, -0.05) is 56.3 Å². The van der Waals surface area contributed by atoms with Crippen LogP contribution in [0.3, 0.4) is 0 Å². The monoisotopic (exact) mass is 311 g/mol. The number of benzene rings is 2. The minimum Gasteiger partial charge on any atom is -0.483 e. The third-order valence-electron chi connectivity index (χ3n) is 3.83. The van der Waals surface area contributed by atoms with E-state index in [0.717, 1.165) is 22.4 Å². The molecule has 1 amide bonds. The molecule has 2 aromatic rings. The average Bonchev–Trinajstić information content (AvgIpc) is 2.53. The van der Waals surface area contributed by atoms with E-state index in [2.05, 4.69) is 31.3 Å². The van der Waals surface area contributed by atoms with Gasteiger partial charge < -0.3 is 10.1 Å².